The lowest BCUT2D eigenvalue weighted by Gasteiger charge is -2.17. The van der Waals surface area contributed by atoms with E-state index >= 15 is 0 Å². The van der Waals surface area contributed by atoms with Gasteiger partial charge in [-0.3, -0.25) is 0 Å². The maximum atomic E-state index is 10.2. The summed E-state index contributed by atoms with van der Waals surface area (Å²) in [7, 11) is 0. The SMILES string of the molecule is Cc1ccc(O)c2c1C(C)CC2Nc1ccc(I)cc1. The minimum Gasteiger partial charge on any atom is -0.508 e. The molecule has 0 heterocycles. The molecular formula is C17H18INO. The average molecular weight is 379 g/mol. The number of aromatic hydroxyl groups is 1. The maximum absolute atomic E-state index is 10.2. The van der Waals surface area contributed by atoms with Crippen molar-refractivity contribution >= 4 is 28.3 Å². The molecule has 3 heteroatoms. The van der Waals surface area contributed by atoms with Crippen molar-refractivity contribution < 1.29 is 5.11 Å². The van der Waals surface area contributed by atoms with Crippen molar-refractivity contribution in [2.45, 2.75) is 32.2 Å². The number of hydrogen-bond acceptors (Lipinski definition) is 2. The van der Waals surface area contributed by atoms with Crippen molar-refractivity contribution in [1.29, 1.82) is 0 Å². The molecule has 0 aliphatic heterocycles. The number of hydrogen-bond donors (Lipinski definition) is 2. The summed E-state index contributed by atoms with van der Waals surface area (Å²) in [6.07, 6.45) is 1.03. The number of aryl methyl sites for hydroxylation is 1. The number of phenols is 1. The van der Waals surface area contributed by atoms with Crippen LogP contribution < -0.4 is 5.32 Å². The third-order valence-electron chi connectivity index (χ3n) is 4.10. The number of anilines is 1. The summed E-state index contributed by atoms with van der Waals surface area (Å²) in [6, 6.07) is 12.4. The van der Waals surface area contributed by atoms with Crippen molar-refractivity contribution in [2.75, 3.05) is 5.32 Å². The minimum absolute atomic E-state index is 0.194. The van der Waals surface area contributed by atoms with Gasteiger partial charge in [0.25, 0.3) is 0 Å². The molecule has 2 unspecified atom stereocenters. The summed E-state index contributed by atoms with van der Waals surface area (Å²) in [5, 5.41) is 13.8. The molecule has 2 atom stereocenters. The number of benzene rings is 2. The van der Waals surface area contributed by atoms with Crippen LogP contribution in [0.15, 0.2) is 36.4 Å². The highest BCUT2D eigenvalue weighted by molar-refractivity contribution is 14.1. The summed E-state index contributed by atoms with van der Waals surface area (Å²) in [5.41, 5.74) is 4.78. The van der Waals surface area contributed by atoms with Gasteiger partial charge in [-0.2, -0.15) is 0 Å². The summed E-state index contributed by atoms with van der Waals surface area (Å²) >= 11 is 2.31. The van der Waals surface area contributed by atoms with Crippen molar-refractivity contribution in [3.63, 3.8) is 0 Å². The predicted octanol–water partition coefficient (Wildman–Crippen LogP) is 4.97. The summed E-state index contributed by atoms with van der Waals surface area (Å²) in [4.78, 5) is 0. The molecule has 0 radical (unpaired) electrons. The Morgan fingerprint density at radius 2 is 1.80 bits per heavy atom. The van der Waals surface area contributed by atoms with Gasteiger partial charge in [-0.1, -0.05) is 13.0 Å². The molecule has 2 nitrogen and oxygen atoms in total. The van der Waals surface area contributed by atoms with Crippen LogP contribution >= 0.6 is 22.6 Å². The van der Waals surface area contributed by atoms with Gasteiger partial charge in [-0.05, 0) is 83.3 Å². The molecule has 1 aliphatic carbocycles. The zero-order chi connectivity index (χ0) is 14.3. The second-order valence-corrected chi connectivity index (χ2v) is 6.82. The van der Waals surface area contributed by atoms with Gasteiger partial charge in [0.2, 0.25) is 0 Å². The first kappa shape index (κ1) is 13.7. The Balaban J connectivity index is 1.95. The molecule has 1 aliphatic rings. The van der Waals surface area contributed by atoms with Crippen molar-refractivity contribution in [3.05, 3.63) is 56.7 Å². The molecule has 2 aromatic rings. The van der Waals surface area contributed by atoms with Crippen LogP contribution in [-0.2, 0) is 0 Å². The van der Waals surface area contributed by atoms with Crippen LogP contribution in [0.2, 0.25) is 0 Å². The molecule has 2 N–H and O–H groups in total. The van der Waals surface area contributed by atoms with Gasteiger partial charge in [0.15, 0.2) is 0 Å². The van der Waals surface area contributed by atoms with E-state index in [0.29, 0.717) is 11.7 Å². The first-order valence-corrected chi connectivity index (χ1v) is 7.98. The molecule has 0 fully saturated rings. The third-order valence-corrected chi connectivity index (χ3v) is 4.82. The predicted molar refractivity (Wildman–Crippen MR) is 91.4 cm³/mol. The van der Waals surface area contributed by atoms with Gasteiger partial charge in [0, 0.05) is 14.8 Å². The number of phenolic OH excluding ortho intramolecular Hbond substituents is 1. The minimum atomic E-state index is 0.194. The van der Waals surface area contributed by atoms with Gasteiger partial charge < -0.3 is 10.4 Å². The van der Waals surface area contributed by atoms with E-state index < -0.39 is 0 Å². The third kappa shape index (κ3) is 2.39. The first-order valence-electron chi connectivity index (χ1n) is 6.90. The first-order chi connectivity index (χ1) is 9.56. The fraction of sp³-hybridized carbons (Fsp3) is 0.294. The van der Waals surface area contributed by atoms with Crippen molar-refractivity contribution in [2.24, 2.45) is 0 Å². The molecule has 0 amide bonds. The summed E-state index contributed by atoms with van der Waals surface area (Å²) in [5.74, 6) is 0.899. The highest BCUT2D eigenvalue weighted by atomic mass is 127. The lowest BCUT2D eigenvalue weighted by molar-refractivity contribution is 0.465. The molecule has 2 aromatic carbocycles. The van der Waals surface area contributed by atoms with Gasteiger partial charge in [0.05, 0.1) is 6.04 Å². The van der Waals surface area contributed by atoms with Crippen LogP contribution in [0.4, 0.5) is 5.69 Å². The molecule has 0 spiro atoms. The Labute approximate surface area is 133 Å². The van der Waals surface area contributed by atoms with Crippen LogP contribution in [0.5, 0.6) is 5.75 Å². The Kier molecular flexibility index (Phi) is 3.63. The van der Waals surface area contributed by atoms with E-state index in [1.165, 1.54) is 14.7 Å². The zero-order valence-electron chi connectivity index (χ0n) is 11.7. The van der Waals surface area contributed by atoms with Crippen LogP contribution in [0.1, 0.15) is 42.0 Å². The van der Waals surface area contributed by atoms with Gasteiger partial charge in [-0.15, -0.1) is 0 Å². The van der Waals surface area contributed by atoms with Gasteiger partial charge >= 0.3 is 0 Å². The number of halogens is 1. The van der Waals surface area contributed by atoms with Crippen molar-refractivity contribution in [1.82, 2.24) is 0 Å². The molecular weight excluding hydrogens is 361 g/mol. The Bertz CT molecular complexity index is 636. The number of nitrogens with one attached hydrogen (secondary N) is 1. The van der Waals surface area contributed by atoms with E-state index in [2.05, 4.69) is 66.0 Å². The van der Waals surface area contributed by atoms with Crippen LogP contribution in [-0.4, -0.2) is 5.11 Å². The van der Waals surface area contributed by atoms with E-state index in [9.17, 15) is 5.11 Å². The number of fused-ring (bicyclic) bond motifs is 1. The average Bonchev–Trinajstić information content (AvgIpc) is 2.75. The molecule has 0 saturated heterocycles. The largest absolute Gasteiger partial charge is 0.508 e. The Morgan fingerprint density at radius 1 is 1.10 bits per heavy atom. The second-order valence-electron chi connectivity index (χ2n) is 5.57. The number of rotatable bonds is 2. The van der Waals surface area contributed by atoms with E-state index in [-0.39, 0.29) is 6.04 Å². The van der Waals surface area contributed by atoms with Crippen LogP contribution in [0.3, 0.4) is 0 Å². The molecule has 104 valence electrons. The van der Waals surface area contributed by atoms with E-state index in [1.54, 1.807) is 0 Å². The van der Waals surface area contributed by atoms with Crippen molar-refractivity contribution in [3.8, 4) is 5.75 Å². The fourth-order valence-electron chi connectivity index (χ4n) is 3.22. The monoisotopic (exact) mass is 379 g/mol. The summed E-state index contributed by atoms with van der Waals surface area (Å²) in [6.45, 7) is 4.36. The molecule has 0 saturated carbocycles. The zero-order valence-corrected chi connectivity index (χ0v) is 13.8. The topological polar surface area (TPSA) is 32.3 Å². The molecule has 0 bridgehead atoms. The fourth-order valence-corrected chi connectivity index (χ4v) is 3.58. The quantitative estimate of drug-likeness (QED) is 0.723. The molecule has 0 aromatic heterocycles. The normalized spacial score (nSPS) is 20.8. The molecule has 3 rings (SSSR count). The summed E-state index contributed by atoms with van der Waals surface area (Å²) < 4.78 is 1.23. The smallest absolute Gasteiger partial charge is 0.121 e. The Morgan fingerprint density at radius 3 is 2.50 bits per heavy atom. The second kappa shape index (κ2) is 5.28. The van der Waals surface area contributed by atoms with Crippen LogP contribution in [0, 0.1) is 10.5 Å². The highest BCUT2D eigenvalue weighted by Crippen LogP contribution is 2.47. The van der Waals surface area contributed by atoms with Gasteiger partial charge in [-0.25, -0.2) is 0 Å². The lowest BCUT2D eigenvalue weighted by Crippen LogP contribution is -2.07. The highest BCUT2D eigenvalue weighted by Gasteiger charge is 2.32. The van der Waals surface area contributed by atoms with E-state index in [0.717, 1.165) is 17.7 Å². The van der Waals surface area contributed by atoms with E-state index in [1.807, 2.05) is 12.1 Å². The maximum Gasteiger partial charge on any atom is 0.121 e. The Hall–Kier alpha value is -1.23. The van der Waals surface area contributed by atoms with Gasteiger partial charge in [0.1, 0.15) is 5.75 Å². The molecule has 20 heavy (non-hydrogen) atoms. The standard InChI is InChI=1S/C17H18INO/c1-10-3-8-15(20)17-14(9-11(2)16(10)17)19-13-6-4-12(18)5-7-13/h3-8,11,14,19-20H,9H2,1-2H3. The van der Waals surface area contributed by atoms with Crippen LogP contribution in [0.25, 0.3) is 0 Å². The van der Waals surface area contributed by atoms with E-state index in [4.69, 9.17) is 0 Å². The lowest BCUT2D eigenvalue weighted by atomic mass is 9.97.